The summed E-state index contributed by atoms with van der Waals surface area (Å²) in [7, 11) is 0. The molecule has 2 amide bonds. The van der Waals surface area contributed by atoms with Crippen LogP contribution in [0.15, 0.2) is 30.6 Å². The van der Waals surface area contributed by atoms with Gasteiger partial charge in [-0.15, -0.1) is 0 Å². The lowest BCUT2D eigenvalue weighted by atomic mass is 10.0. The SMILES string of the molecule is O=C(NCCc1cn[nH]c1)N1CCCC1c1ccc(F)cc1F. The number of carbonyl (C=O) groups is 1. The van der Waals surface area contributed by atoms with Gasteiger partial charge in [-0.1, -0.05) is 6.07 Å². The zero-order chi connectivity index (χ0) is 16.2. The van der Waals surface area contributed by atoms with Crippen LogP contribution in [0.3, 0.4) is 0 Å². The van der Waals surface area contributed by atoms with E-state index in [1.165, 1.54) is 12.1 Å². The van der Waals surface area contributed by atoms with E-state index >= 15 is 0 Å². The smallest absolute Gasteiger partial charge is 0.317 e. The van der Waals surface area contributed by atoms with Crippen molar-refractivity contribution >= 4 is 6.03 Å². The van der Waals surface area contributed by atoms with Crippen LogP contribution in [-0.4, -0.2) is 34.2 Å². The number of rotatable bonds is 4. The topological polar surface area (TPSA) is 61.0 Å². The molecule has 1 saturated heterocycles. The molecule has 122 valence electrons. The van der Waals surface area contributed by atoms with Gasteiger partial charge in [0.25, 0.3) is 0 Å². The van der Waals surface area contributed by atoms with Crippen LogP contribution >= 0.6 is 0 Å². The number of aromatic nitrogens is 2. The number of nitrogens with one attached hydrogen (secondary N) is 2. The van der Waals surface area contributed by atoms with E-state index < -0.39 is 11.6 Å². The minimum atomic E-state index is -0.611. The molecule has 1 aromatic carbocycles. The highest BCUT2D eigenvalue weighted by Crippen LogP contribution is 2.33. The number of aromatic amines is 1. The molecule has 1 aliphatic heterocycles. The van der Waals surface area contributed by atoms with Gasteiger partial charge in [-0.05, 0) is 30.9 Å². The van der Waals surface area contributed by atoms with Crippen LogP contribution in [0, 0.1) is 11.6 Å². The summed E-state index contributed by atoms with van der Waals surface area (Å²) in [5.74, 6) is -1.21. The molecule has 2 heterocycles. The van der Waals surface area contributed by atoms with Crippen LogP contribution < -0.4 is 5.32 Å². The monoisotopic (exact) mass is 320 g/mol. The fourth-order valence-corrected chi connectivity index (χ4v) is 2.93. The number of hydrogen-bond acceptors (Lipinski definition) is 2. The fraction of sp³-hybridized carbons (Fsp3) is 0.375. The number of amides is 2. The van der Waals surface area contributed by atoms with E-state index in [2.05, 4.69) is 15.5 Å². The van der Waals surface area contributed by atoms with Gasteiger partial charge in [0.2, 0.25) is 0 Å². The lowest BCUT2D eigenvalue weighted by Gasteiger charge is -2.25. The Bertz CT molecular complexity index is 675. The molecule has 0 radical (unpaired) electrons. The highest BCUT2D eigenvalue weighted by molar-refractivity contribution is 5.75. The number of H-pyrrole nitrogens is 1. The largest absolute Gasteiger partial charge is 0.338 e. The normalized spacial score (nSPS) is 17.5. The standard InChI is InChI=1S/C16H18F2N4O/c17-12-3-4-13(14(18)8-12)15-2-1-7-22(15)16(23)19-6-5-11-9-20-21-10-11/h3-4,8-10,15H,1-2,5-7H2,(H,19,23)(H,20,21). The second-order valence-corrected chi connectivity index (χ2v) is 5.61. The van der Waals surface area contributed by atoms with Gasteiger partial charge in [0.1, 0.15) is 11.6 Å². The van der Waals surface area contributed by atoms with Crippen molar-refractivity contribution < 1.29 is 13.6 Å². The summed E-state index contributed by atoms with van der Waals surface area (Å²) in [6, 6.07) is 2.95. The Hall–Kier alpha value is -2.44. The maximum atomic E-state index is 14.0. The Morgan fingerprint density at radius 2 is 2.30 bits per heavy atom. The van der Waals surface area contributed by atoms with E-state index in [0.29, 0.717) is 31.5 Å². The fourth-order valence-electron chi connectivity index (χ4n) is 2.93. The Morgan fingerprint density at radius 3 is 3.04 bits per heavy atom. The van der Waals surface area contributed by atoms with Gasteiger partial charge in [-0.25, -0.2) is 13.6 Å². The number of benzene rings is 1. The van der Waals surface area contributed by atoms with E-state index in [1.807, 2.05) is 0 Å². The van der Waals surface area contributed by atoms with Crippen molar-refractivity contribution in [1.82, 2.24) is 20.4 Å². The van der Waals surface area contributed by atoms with Gasteiger partial charge in [-0.2, -0.15) is 5.10 Å². The number of urea groups is 1. The highest BCUT2D eigenvalue weighted by Gasteiger charge is 2.31. The second kappa shape index (κ2) is 6.76. The van der Waals surface area contributed by atoms with Crippen LogP contribution in [0.4, 0.5) is 13.6 Å². The van der Waals surface area contributed by atoms with Crippen LogP contribution in [0.25, 0.3) is 0 Å². The summed E-state index contributed by atoms with van der Waals surface area (Å²) >= 11 is 0. The lowest BCUT2D eigenvalue weighted by Crippen LogP contribution is -2.40. The van der Waals surface area contributed by atoms with Crippen molar-refractivity contribution in [1.29, 1.82) is 0 Å². The first-order valence-corrected chi connectivity index (χ1v) is 7.62. The van der Waals surface area contributed by atoms with Crippen molar-refractivity contribution in [3.05, 3.63) is 53.4 Å². The van der Waals surface area contributed by atoms with Gasteiger partial charge < -0.3 is 10.2 Å². The molecule has 1 fully saturated rings. The molecular weight excluding hydrogens is 302 g/mol. The predicted octanol–water partition coefficient (Wildman–Crippen LogP) is 2.78. The van der Waals surface area contributed by atoms with E-state index in [9.17, 15) is 13.6 Å². The lowest BCUT2D eigenvalue weighted by molar-refractivity contribution is 0.192. The Kier molecular flexibility index (Phi) is 4.55. The zero-order valence-corrected chi connectivity index (χ0v) is 12.6. The Morgan fingerprint density at radius 1 is 1.43 bits per heavy atom. The predicted molar refractivity (Wildman–Crippen MR) is 80.7 cm³/mol. The van der Waals surface area contributed by atoms with E-state index in [-0.39, 0.29) is 12.1 Å². The summed E-state index contributed by atoms with van der Waals surface area (Å²) < 4.78 is 27.0. The summed E-state index contributed by atoms with van der Waals surface area (Å²) in [6.07, 6.45) is 5.64. The average molecular weight is 320 g/mol. The quantitative estimate of drug-likeness (QED) is 0.910. The highest BCUT2D eigenvalue weighted by atomic mass is 19.1. The molecule has 0 bridgehead atoms. The summed E-state index contributed by atoms with van der Waals surface area (Å²) in [4.78, 5) is 13.9. The van der Waals surface area contributed by atoms with Gasteiger partial charge in [-0.3, -0.25) is 5.10 Å². The third kappa shape index (κ3) is 3.49. The maximum absolute atomic E-state index is 14.0. The number of halogens is 2. The molecule has 3 rings (SSSR count). The minimum Gasteiger partial charge on any atom is -0.338 e. The Balaban J connectivity index is 1.62. The number of carbonyl (C=O) groups excluding carboxylic acids is 1. The van der Waals surface area contributed by atoms with Crippen LogP contribution in [0.5, 0.6) is 0 Å². The van der Waals surface area contributed by atoms with Crippen LogP contribution in [0.2, 0.25) is 0 Å². The molecule has 0 aliphatic carbocycles. The van der Waals surface area contributed by atoms with Crippen LogP contribution in [0.1, 0.15) is 30.0 Å². The third-order valence-corrected chi connectivity index (χ3v) is 4.08. The molecule has 1 aliphatic rings. The molecule has 2 N–H and O–H groups in total. The maximum Gasteiger partial charge on any atom is 0.317 e. The molecule has 5 nitrogen and oxygen atoms in total. The summed E-state index contributed by atoms with van der Waals surface area (Å²) in [5, 5.41) is 9.40. The number of likely N-dealkylation sites (tertiary alicyclic amines) is 1. The van der Waals surface area contributed by atoms with Gasteiger partial charge in [0.15, 0.2) is 0 Å². The van der Waals surface area contributed by atoms with E-state index in [4.69, 9.17) is 0 Å². The van der Waals surface area contributed by atoms with E-state index in [0.717, 1.165) is 18.1 Å². The van der Waals surface area contributed by atoms with E-state index in [1.54, 1.807) is 17.3 Å². The molecule has 23 heavy (non-hydrogen) atoms. The molecule has 1 atom stereocenters. The van der Waals surface area contributed by atoms with Crippen molar-refractivity contribution in [2.45, 2.75) is 25.3 Å². The van der Waals surface area contributed by atoms with Crippen molar-refractivity contribution in [2.24, 2.45) is 0 Å². The summed E-state index contributed by atoms with van der Waals surface area (Å²) in [5.41, 5.74) is 1.38. The zero-order valence-electron chi connectivity index (χ0n) is 12.6. The first kappa shape index (κ1) is 15.5. The molecule has 0 spiro atoms. The minimum absolute atomic E-state index is 0.222. The molecule has 0 saturated carbocycles. The number of hydrogen-bond donors (Lipinski definition) is 2. The molecule has 1 unspecified atom stereocenters. The number of nitrogens with zero attached hydrogens (tertiary/aromatic N) is 2. The van der Waals surface area contributed by atoms with Gasteiger partial charge in [0, 0.05) is 30.9 Å². The Labute approximate surface area is 132 Å². The molecular formula is C16H18F2N4O. The van der Waals surface area contributed by atoms with Crippen molar-refractivity contribution in [3.63, 3.8) is 0 Å². The van der Waals surface area contributed by atoms with Gasteiger partial charge >= 0.3 is 6.03 Å². The molecule has 7 heteroatoms. The first-order chi connectivity index (χ1) is 11.1. The summed E-state index contributed by atoms with van der Waals surface area (Å²) in [6.45, 7) is 1.05. The van der Waals surface area contributed by atoms with Crippen LogP contribution in [-0.2, 0) is 6.42 Å². The first-order valence-electron chi connectivity index (χ1n) is 7.62. The van der Waals surface area contributed by atoms with Gasteiger partial charge in [0.05, 0.1) is 12.2 Å². The molecule has 1 aromatic heterocycles. The third-order valence-electron chi connectivity index (χ3n) is 4.08. The molecule has 2 aromatic rings. The second-order valence-electron chi connectivity index (χ2n) is 5.61. The van der Waals surface area contributed by atoms with Crippen molar-refractivity contribution in [2.75, 3.05) is 13.1 Å². The van der Waals surface area contributed by atoms with Crippen molar-refractivity contribution in [3.8, 4) is 0 Å². The average Bonchev–Trinajstić information content (AvgIpc) is 3.18.